The summed E-state index contributed by atoms with van der Waals surface area (Å²) in [6, 6.07) is 6.60. The fourth-order valence-corrected chi connectivity index (χ4v) is 3.34. The van der Waals surface area contributed by atoms with Crippen LogP contribution in [0.15, 0.2) is 36.7 Å². The van der Waals surface area contributed by atoms with Crippen LogP contribution in [0.1, 0.15) is 22.6 Å². The smallest absolute Gasteiger partial charge is 0.450 e. The van der Waals surface area contributed by atoms with Gasteiger partial charge in [-0.25, -0.2) is 15.0 Å². The third-order valence-electron chi connectivity index (χ3n) is 4.85. The number of ether oxygens (including phenoxy) is 2. The zero-order valence-electron chi connectivity index (χ0n) is 17.1. The van der Waals surface area contributed by atoms with Crippen LogP contribution in [0.3, 0.4) is 0 Å². The number of imidazole rings is 1. The number of alkyl halides is 3. The number of halogens is 3. The number of carbonyl (C=O) groups excluding carboxylic acids is 1. The summed E-state index contributed by atoms with van der Waals surface area (Å²) in [6.45, 7) is 0. The molecule has 1 N–H and O–H groups in total. The van der Waals surface area contributed by atoms with E-state index in [2.05, 4.69) is 20.3 Å². The zero-order valence-corrected chi connectivity index (χ0v) is 17.1. The number of anilines is 1. The highest BCUT2D eigenvalue weighted by molar-refractivity contribution is 6.05. The number of rotatable bonds is 5. The molecule has 0 bridgehead atoms. The van der Waals surface area contributed by atoms with Crippen LogP contribution in [0.4, 0.5) is 19.0 Å². The third-order valence-corrected chi connectivity index (χ3v) is 4.85. The highest BCUT2D eigenvalue weighted by Crippen LogP contribution is 2.28. The van der Waals surface area contributed by atoms with Gasteiger partial charge in [-0.3, -0.25) is 9.36 Å². The number of fused-ring (bicyclic) bond motifs is 1. The molecule has 11 heteroatoms. The van der Waals surface area contributed by atoms with Crippen molar-refractivity contribution in [1.29, 1.82) is 0 Å². The molecule has 1 aromatic carbocycles. The maximum atomic E-state index is 13.7. The van der Waals surface area contributed by atoms with E-state index >= 15 is 0 Å². The molecule has 166 valence electrons. The van der Waals surface area contributed by atoms with Crippen molar-refractivity contribution >= 4 is 23.9 Å². The fraction of sp³-hybridized carbons (Fsp3) is 0.238. The number of para-hydroxylation sites is 1. The van der Waals surface area contributed by atoms with Gasteiger partial charge in [0.15, 0.2) is 11.6 Å². The van der Waals surface area contributed by atoms with Gasteiger partial charge in [0.1, 0.15) is 5.75 Å². The van der Waals surface area contributed by atoms with Gasteiger partial charge in [-0.15, -0.1) is 0 Å². The number of carbonyl (C=O) groups is 1. The predicted octanol–water partition coefficient (Wildman–Crippen LogP) is 1.92. The van der Waals surface area contributed by atoms with Crippen LogP contribution in [0.5, 0.6) is 5.75 Å². The molecular weight excluding hydrogens is 427 g/mol. The van der Waals surface area contributed by atoms with Gasteiger partial charge in [-0.2, -0.15) is 13.2 Å². The molecule has 0 fully saturated rings. The van der Waals surface area contributed by atoms with Crippen molar-refractivity contribution in [3.8, 4) is 11.6 Å². The Hall–Kier alpha value is -3.73. The molecule has 32 heavy (non-hydrogen) atoms. The quantitative estimate of drug-likeness (QED) is 0.646. The molecule has 1 amide bonds. The first kappa shape index (κ1) is 21.5. The number of hydrogen-bond acceptors (Lipinski definition) is 6. The second-order valence-electron chi connectivity index (χ2n) is 6.83. The van der Waals surface area contributed by atoms with Crippen LogP contribution in [0.25, 0.3) is 18.0 Å². The van der Waals surface area contributed by atoms with Crippen molar-refractivity contribution in [1.82, 2.24) is 19.5 Å². The molecule has 1 aliphatic rings. The molecule has 2 heterocycles. The lowest BCUT2D eigenvalue weighted by atomic mass is 10.1. The maximum Gasteiger partial charge on any atom is 0.450 e. The Kier molecular flexibility index (Phi) is 5.66. The van der Waals surface area contributed by atoms with E-state index in [-0.39, 0.29) is 34.0 Å². The second-order valence-corrected chi connectivity index (χ2v) is 6.83. The summed E-state index contributed by atoms with van der Waals surface area (Å²) in [7, 11) is 2.92. The molecule has 4 rings (SSSR count). The minimum atomic E-state index is -4.71. The highest BCUT2D eigenvalue weighted by atomic mass is 19.4. The molecule has 2 aromatic heterocycles. The third kappa shape index (κ3) is 4.06. The Morgan fingerprint density at radius 2 is 1.97 bits per heavy atom. The van der Waals surface area contributed by atoms with E-state index in [1.54, 1.807) is 30.3 Å². The lowest BCUT2D eigenvalue weighted by molar-refractivity contribution is -0.146. The van der Waals surface area contributed by atoms with Gasteiger partial charge in [-0.05, 0) is 24.6 Å². The van der Waals surface area contributed by atoms with E-state index in [1.165, 1.54) is 26.5 Å². The monoisotopic (exact) mass is 445 g/mol. The first-order valence-corrected chi connectivity index (χ1v) is 9.49. The molecule has 0 saturated heterocycles. The van der Waals surface area contributed by atoms with E-state index in [1.807, 2.05) is 0 Å². The second kappa shape index (κ2) is 8.42. The Morgan fingerprint density at radius 3 is 2.62 bits per heavy atom. The van der Waals surface area contributed by atoms with Crippen LogP contribution in [-0.2, 0) is 10.9 Å². The molecule has 3 aromatic rings. The first-order chi connectivity index (χ1) is 15.3. The molecule has 8 nitrogen and oxygen atoms in total. The van der Waals surface area contributed by atoms with E-state index in [0.29, 0.717) is 12.2 Å². The summed E-state index contributed by atoms with van der Waals surface area (Å²) in [5.41, 5.74) is 0.279. The van der Waals surface area contributed by atoms with Crippen LogP contribution < -0.4 is 20.8 Å². The maximum absolute atomic E-state index is 13.7. The van der Waals surface area contributed by atoms with Gasteiger partial charge in [-0.1, -0.05) is 18.2 Å². The number of aromatic nitrogens is 4. The molecule has 1 unspecified atom stereocenters. The molecule has 0 radical (unpaired) electrons. The average molecular weight is 445 g/mol. The first-order valence-electron chi connectivity index (χ1n) is 9.49. The molecular formula is C21H18F3N5O3. The number of amides is 1. The molecule has 1 aliphatic carbocycles. The van der Waals surface area contributed by atoms with E-state index < -0.39 is 17.9 Å². The molecule has 0 saturated carbocycles. The lowest BCUT2D eigenvalue weighted by Gasteiger charge is -2.12. The van der Waals surface area contributed by atoms with Gasteiger partial charge < -0.3 is 14.8 Å². The summed E-state index contributed by atoms with van der Waals surface area (Å²) in [5, 5.41) is 2.97. The summed E-state index contributed by atoms with van der Waals surface area (Å²) in [6.07, 6.45) is 0.810. The van der Waals surface area contributed by atoms with Gasteiger partial charge >= 0.3 is 6.18 Å². The molecule has 1 atom stereocenters. The number of hydrogen-bond donors (Lipinski definition) is 1. The summed E-state index contributed by atoms with van der Waals surface area (Å²) in [4.78, 5) is 24.4. The Balaban J connectivity index is 1.68. The normalized spacial score (nSPS) is 15.3. The van der Waals surface area contributed by atoms with E-state index in [4.69, 9.17) is 9.47 Å². The Labute approximate surface area is 180 Å². The number of benzene rings is 1. The van der Waals surface area contributed by atoms with Gasteiger partial charge in [0.2, 0.25) is 5.82 Å². The van der Waals surface area contributed by atoms with Gasteiger partial charge in [0, 0.05) is 7.11 Å². The van der Waals surface area contributed by atoms with Crippen molar-refractivity contribution in [3.05, 3.63) is 58.7 Å². The van der Waals surface area contributed by atoms with Gasteiger partial charge in [0.05, 0.1) is 41.9 Å². The average Bonchev–Trinajstić information content (AvgIpc) is 3.18. The Bertz CT molecular complexity index is 1270. The minimum absolute atomic E-state index is 0.0715. The highest BCUT2D eigenvalue weighted by Gasteiger charge is 2.38. The van der Waals surface area contributed by atoms with Crippen molar-refractivity contribution in [3.63, 3.8) is 0 Å². The van der Waals surface area contributed by atoms with Crippen LogP contribution >= 0.6 is 0 Å². The Morgan fingerprint density at radius 1 is 1.19 bits per heavy atom. The fourth-order valence-electron chi connectivity index (χ4n) is 3.34. The topological polar surface area (TPSA) is 91.2 Å². The van der Waals surface area contributed by atoms with Crippen LogP contribution in [-0.4, -0.2) is 45.7 Å². The molecule has 0 spiro atoms. The summed E-state index contributed by atoms with van der Waals surface area (Å²) < 4.78 is 52.2. The zero-order chi connectivity index (χ0) is 22.9. The lowest BCUT2D eigenvalue weighted by Crippen LogP contribution is -2.35. The van der Waals surface area contributed by atoms with E-state index in [0.717, 1.165) is 10.8 Å². The van der Waals surface area contributed by atoms with E-state index in [9.17, 15) is 18.0 Å². The number of nitrogens with zero attached hydrogens (tertiary/aromatic N) is 4. The van der Waals surface area contributed by atoms with Crippen molar-refractivity contribution in [2.24, 2.45) is 0 Å². The minimum Gasteiger partial charge on any atom is -0.496 e. The molecule has 0 aliphatic heterocycles. The predicted molar refractivity (Wildman–Crippen MR) is 109 cm³/mol. The number of nitrogens with one attached hydrogen (secondary N) is 1. The van der Waals surface area contributed by atoms with Crippen LogP contribution in [0, 0.1) is 0 Å². The van der Waals surface area contributed by atoms with Crippen molar-refractivity contribution in [2.75, 3.05) is 19.5 Å². The SMILES string of the molecule is COc1ccccc1C(=O)Nc1cnc(-n2c(C(F)(F)F)nc3c2=CCC(OC)C=3)cn1. The summed E-state index contributed by atoms with van der Waals surface area (Å²) >= 11 is 0. The largest absolute Gasteiger partial charge is 0.496 e. The van der Waals surface area contributed by atoms with Crippen molar-refractivity contribution in [2.45, 2.75) is 18.7 Å². The van der Waals surface area contributed by atoms with Crippen molar-refractivity contribution < 1.29 is 27.4 Å². The van der Waals surface area contributed by atoms with Crippen LogP contribution in [0.2, 0.25) is 0 Å². The van der Waals surface area contributed by atoms with Gasteiger partial charge in [0.25, 0.3) is 5.91 Å². The number of methoxy groups -OCH3 is 2. The standard InChI is InChI=1S/C21H18F3N5O3/c1-31-12-7-8-15-14(9-12)27-20(21(22,23)24)29(15)18-11-25-17(10-26-18)28-19(30)13-5-3-4-6-16(13)32-2/h3-6,8-12H,7H2,1-2H3,(H,25,28,30). The summed E-state index contributed by atoms with van der Waals surface area (Å²) in [5.74, 6) is -1.25.